The molecular weight excluding hydrogens is 460 g/mol. The van der Waals surface area contributed by atoms with E-state index in [4.69, 9.17) is 9.47 Å². The highest BCUT2D eigenvalue weighted by atomic mass is 19.4. The molecule has 0 saturated carbocycles. The Morgan fingerprint density at radius 3 is 1.82 bits per heavy atom. The summed E-state index contributed by atoms with van der Waals surface area (Å²) in [5, 5.41) is 3.43. The summed E-state index contributed by atoms with van der Waals surface area (Å²) in [6.45, 7) is -0.271. The van der Waals surface area contributed by atoms with Gasteiger partial charge in [-0.05, 0) is 34.9 Å². The summed E-state index contributed by atoms with van der Waals surface area (Å²) >= 11 is 0. The Hall–Kier alpha value is -2.88. The topological polar surface area (TPSA) is 30.5 Å². The lowest BCUT2D eigenvalue weighted by Gasteiger charge is -2.38. The Morgan fingerprint density at radius 1 is 0.765 bits per heavy atom. The van der Waals surface area contributed by atoms with Gasteiger partial charge in [0.05, 0.1) is 36.4 Å². The SMILES string of the molecule is FC(F)(F)c1cc(CO[C@H]2OC[C@@H](c3ccccc3)N[C@@H]2c2ccccc2)cc(C(F)(F)F)c1. The van der Waals surface area contributed by atoms with Crippen LogP contribution >= 0.6 is 0 Å². The van der Waals surface area contributed by atoms with E-state index < -0.39 is 42.4 Å². The third-order valence-electron chi connectivity index (χ3n) is 5.50. The molecule has 3 atom stereocenters. The van der Waals surface area contributed by atoms with Crippen LogP contribution in [-0.2, 0) is 28.4 Å². The van der Waals surface area contributed by atoms with E-state index in [1.807, 2.05) is 60.7 Å². The van der Waals surface area contributed by atoms with Crippen molar-refractivity contribution in [3.63, 3.8) is 0 Å². The monoisotopic (exact) mass is 481 g/mol. The molecule has 3 nitrogen and oxygen atoms in total. The summed E-state index contributed by atoms with van der Waals surface area (Å²) in [6, 6.07) is 19.5. The van der Waals surface area contributed by atoms with Gasteiger partial charge < -0.3 is 9.47 Å². The molecule has 3 aromatic carbocycles. The lowest BCUT2D eigenvalue weighted by Crippen LogP contribution is -2.45. The van der Waals surface area contributed by atoms with Crippen LogP contribution in [0.15, 0.2) is 78.9 Å². The molecule has 9 heteroatoms. The molecule has 0 radical (unpaired) electrons. The van der Waals surface area contributed by atoms with Crippen LogP contribution in [0.4, 0.5) is 26.3 Å². The summed E-state index contributed by atoms with van der Waals surface area (Å²) in [5.74, 6) is 0. The highest BCUT2D eigenvalue weighted by molar-refractivity contribution is 5.33. The van der Waals surface area contributed by atoms with Crippen molar-refractivity contribution in [2.45, 2.75) is 37.3 Å². The molecule has 0 spiro atoms. The fourth-order valence-electron chi connectivity index (χ4n) is 3.85. The maximum atomic E-state index is 13.2. The molecule has 1 saturated heterocycles. The van der Waals surface area contributed by atoms with Crippen LogP contribution in [0.25, 0.3) is 0 Å². The second-order valence-corrected chi connectivity index (χ2v) is 7.95. The van der Waals surface area contributed by atoms with Crippen molar-refractivity contribution in [1.82, 2.24) is 5.32 Å². The zero-order valence-corrected chi connectivity index (χ0v) is 17.7. The number of ether oxygens (including phenoxy) is 2. The van der Waals surface area contributed by atoms with E-state index in [2.05, 4.69) is 5.32 Å². The van der Waals surface area contributed by atoms with Gasteiger partial charge in [0.2, 0.25) is 0 Å². The highest BCUT2D eigenvalue weighted by Gasteiger charge is 2.37. The number of hydrogen-bond acceptors (Lipinski definition) is 3. The molecule has 0 bridgehead atoms. The van der Waals surface area contributed by atoms with E-state index in [1.54, 1.807) is 0 Å². The second kappa shape index (κ2) is 9.77. The Kier molecular flexibility index (Phi) is 6.97. The van der Waals surface area contributed by atoms with E-state index in [0.717, 1.165) is 11.1 Å². The Balaban J connectivity index is 1.57. The smallest absolute Gasteiger partial charge is 0.349 e. The van der Waals surface area contributed by atoms with Crippen molar-refractivity contribution >= 4 is 0 Å². The largest absolute Gasteiger partial charge is 0.416 e. The molecule has 1 heterocycles. The van der Waals surface area contributed by atoms with Gasteiger partial charge in [-0.2, -0.15) is 26.3 Å². The normalized spacial score (nSPS) is 21.4. The first-order chi connectivity index (χ1) is 16.1. The predicted molar refractivity (Wildman–Crippen MR) is 112 cm³/mol. The molecule has 0 unspecified atom stereocenters. The highest BCUT2D eigenvalue weighted by Crippen LogP contribution is 2.37. The summed E-state index contributed by atoms with van der Waals surface area (Å²) < 4.78 is 90.7. The summed E-state index contributed by atoms with van der Waals surface area (Å²) in [4.78, 5) is 0. The molecule has 4 rings (SSSR count). The van der Waals surface area contributed by atoms with Crippen LogP contribution in [0.5, 0.6) is 0 Å². The second-order valence-electron chi connectivity index (χ2n) is 7.95. The van der Waals surface area contributed by atoms with Crippen LogP contribution in [-0.4, -0.2) is 12.9 Å². The van der Waals surface area contributed by atoms with Gasteiger partial charge in [0.1, 0.15) is 0 Å². The molecule has 1 fully saturated rings. The minimum Gasteiger partial charge on any atom is -0.349 e. The molecule has 34 heavy (non-hydrogen) atoms. The lowest BCUT2D eigenvalue weighted by molar-refractivity contribution is -0.194. The quantitative estimate of drug-likeness (QED) is 0.413. The molecule has 0 amide bonds. The molecule has 1 aliphatic heterocycles. The van der Waals surface area contributed by atoms with Crippen LogP contribution < -0.4 is 5.32 Å². The third-order valence-corrected chi connectivity index (χ3v) is 5.50. The third kappa shape index (κ3) is 5.78. The molecule has 0 aromatic heterocycles. The minimum atomic E-state index is -4.92. The molecule has 3 aromatic rings. The number of benzene rings is 3. The maximum Gasteiger partial charge on any atom is 0.416 e. The van der Waals surface area contributed by atoms with Gasteiger partial charge in [0.15, 0.2) is 6.29 Å². The van der Waals surface area contributed by atoms with Crippen molar-refractivity contribution < 1.29 is 35.8 Å². The lowest BCUT2D eigenvalue weighted by atomic mass is 10.00. The van der Waals surface area contributed by atoms with Gasteiger partial charge in [-0.25, -0.2) is 0 Å². The van der Waals surface area contributed by atoms with Crippen molar-refractivity contribution in [1.29, 1.82) is 0 Å². The first kappa shape index (κ1) is 24.3. The van der Waals surface area contributed by atoms with Gasteiger partial charge in [-0.3, -0.25) is 5.32 Å². The number of alkyl halides is 6. The molecule has 1 aliphatic rings. The Labute approximate surface area is 192 Å². The number of rotatable bonds is 5. The van der Waals surface area contributed by atoms with E-state index in [-0.39, 0.29) is 24.3 Å². The Morgan fingerprint density at radius 2 is 1.29 bits per heavy atom. The average molecular weight is 481 g/mol. The van der Waals surface area contributed by atoms with Gasteiger partial charge in [-0.15, -0.1) is 0 Å². The van der Waals surface area contributed by atoms with Crippen LogP contribution in [0.3, 0.4) is 0 Å². The molecular formula is C25H21F6NO2. The summed E-state index contributed by atoms with van der Waals surface area (Å²) in [7, 11) is 0. The van der Waals surface area contributed by atoms with Gasteiger partial charge >= 0.3 is 12.4 Å². The molecule has 1 N–H and O–H groups in total. The van der Waals surface area contributed by atoms with Gasteiger partial charge in [-0.1, -0.05) is 60.7 Å². The summed E-state index contributed by atoms with van der Waals surface area (Å²) in [6.07, 6.45) is -10.8. The van der Waals surface area contributed by atoms with E-state index in [1.165, 1.54) is 0 Å². The van der Waals surface area contributed by atoms with Gasteiger partial charge in [0, 0.05) is 0 Å². The molecule has 180 valence electrons. The average Bonchev–Trinajstić information content (AvgIpc) is 2.82. The number of hydrogen-bond donors (Lipinski definition) is 1. The maximum absolute atomic E-state index is 13.2. The minimum absolute atomic E-state index is 0.0966. The van der Waals surface area contributed by atoms with Crippen LogP contribution in [0, 0.1) is 0 Å². The van der Waals surface area contributed by atoms with Crippen molar-refractivity contribution in [3.8, 4) is 0 Å². The number of nitrogens with one attached hydrogen (secondary N) is 1. The summed E-state index contributed by atoms with van der Waals surface area (Å²) in [5.41, 5.74) is -1.22. The number of morpholine rings is 1. The predicted octanol–water partition coefficient (Wildman–Crippen LogP) is 6.67. The van der Waals surface area contributed by atoms with Gasteiger partial charge in [0.25, 0.3) is 0 Å². The number of halogens is 6. The Bertz CT molecular complexity index is 1050. The van der Waals surface area contributed by atoms with Crippen molar-refractivity contribution in [2.24, 2.45) is 0 Å². The zero-order chi connectivity index (χ0) is 24.3. The van der Waals surface area contributed by atoms with Crippen molar-refractivity contribution in [3.05, 3.63) is 107 Å². The van der Waals surface area contributed by atoms with Crippen LogP contribution in [0.2, 0.25) is 0 Å². The van der Waals surface area contributed by atoms with E-state index >= 15 is 0 Å². The standard InChI is InChI=1S/C25H21F6NO2/c26-24(27,28)19-11-16(12-20(13-19)25(29,30)31)14-33-23-22(18-9-5-2-6-10-18)32-21(15-34-23)17-7-3-1-4-8-17/h1-13,21-23,32H,14-15H2/t21-,22+,23-/m0/s1. The molecule has 0 aliphatic carbocycles. The fourth-order valence-corrected chi connectivity index (χ4v) is 3.85. The first-order valence-corrected chi connectivity index (χ1v) is 10.5. The zero-order valence-electron chi connectivity index (χ0n) is 17.7. The first-order valence-electron chi connectivity index (χ1n) is 10.5. The van der Waals surface area contributed by atoms with E-state index in [9.17, 15) is 26.3 Å². The van der Waals surface area contributed by atoms with Crippen molar-refractivity contribution in [2.75, 3.05) is 6.61 Å². The van der Waals surface area contributed by atoms with E-state index in [0.29, 0.717) is 12.1 Å². The fraction of sp³-hybridized carbons (Fsp3) is 0.280. The van der Waals surface area contributed by atoms with Crippen LogP contribution in [0.1, 0.15) is 39.9 Å².